The van der Waals surface area contributed by atoms with Crippen molar-refractivity contribution in [2.75, 3.05) is 0 Å². The summed E-state index contributed by atoms with van der Waals surface area (Å²) in [6, 6.07) is 6.19. The molecule has 7 heavy (non-hydrogen) atoms. The second-order valence-electron chi connectivity index (χ2n) is 1.42. The van der Waals surface area contributed by atoms with Crippen molar-refractivity contribution in [1.29, 1.82) is 0 Å². The van der Waals surface area contributed by atoms with Crippen LogP contribution in [0.1, 0.15) is 4.88 Å². The molecule has 0 aromatic carbocycles. The van der Waals surface area contributed by atoms with E-state index >= 15 is 0 Å². The highest BCUT2D eigenvalue weighted by Gasteiger charge is 1.89. The lowest BCUT2D eigenvalue weighted by Crippen LogP contribution is -1.56. The quantitative estimate of drug-likeness (QED) is 0.451. The van der Waals surface area contributed by atoms with Crippen molar-refractivity contribution < 1.29 is 0 Å². The van der Waals surface area contributed by atoms with Crippen molar-refractivity contribution in [3.05, 3.63) is 28.5 Å². The molecule has 0 aliphatic heterocycles. The summed E-state index contributed by atoms with van der Waals surface area (Å²) in [5.74, 6) is 0. The Morgan fingerprint density at radius 3 is 2.57 bits per heavy atom. The van der Waals surface area contributed by atoms with Crippen LogP contribution in [-0.4, -0.2) is 0 Å². The van der Waals surface area contributed by atoms with Crippen LogP contribution in [-0.2, 0) is 0 Å². The van der Waals surface area contributed by atoms with E-state index in [0.717, 1.165) is 0 Å². The van der Waals surface area contributed by atoms with Crippen molar-refractivity contribution in [3.8, 4) is 0 Å². The highest BCUT2D eigenvalue weighted by atomic mass is 32.1. The minimum Gasteiger partial charge on any atom is -0.0521 e. The van der Waals surface area contributed by atoms with E-state index in [1.165, 1.54) is 4.88 Å². The van der Waals surface area contributed by atoms with Crippen molar-refractivity contribution in [2.45, 2.75) is 6.92 Å². The minimum absolute atomic E-state index is 1.36. The van der Waals surface area contributed by atoms with Gasteiger partial charge in [0.05, 0.1) is 0 Å². The van der Waals surface area contributed by atoms with Gasteiger partial charge in [-0.15, -0.1) is 0 Å². The molecule has 1 heteroatoms. The normalized spacial score (nSPS) is 8.71. The third-order valence-electron chi connectivity index (χ3n) is 0.775. The Bertz CT molecular complexity index is 134. The standard InChI is InChI=1S/C6H7S/c1-6-4-2-3-5-7-6/h2-5H,1H3/q+1. The lowest BCUT2D eigenvalue weighted by Gasteiger charge is -1.67. The monoisotopic (exact) mass is 111 g/mol. The molecular formula is C6H7S+. The zero-order valence-electron chi connectivity index (χ0n) is 4.22. The van der Waals surface area contributed by atoms with Crippen LogP contribution in [0.25, 0.3) is 0 Å². The SMILES string of the molecule is Cc1cccc[s+]1. The van der Waals surface area contributed by atoms with Crippen LogP contribution in [0, 0.1) is 6.92 Å². The van der Waals surface area contributed by atoms with Gasteiger partial charge in [-0.1, -0.05) is 6.07 Å². The molecule has 0 amide bonds. The maximum atomic E-state index is 2.10. The zero-order valence-corrected chi connectivity index (χ0v) is 5.03. The van der Waals surface area contributed by atoms with Crippen molar-refractivity contribution in [1.82, 2.24) is 0 Å². The Labute approximate surface area is 47.4 Å². The maximum Gasteiger partial charge on any atom is 0.214 e. The van der Waals surface area contributed by atoms with Crippen molar-refractivity contribution in [3.63, 3.8) is 0 Å². The van der Waals surface area contributed by atoms with Crippen LogP contribution < -0.4 is 0 Å². The van der Waals surface area contributed by atoms with Crippen LogP contribution in [0.3, 0.4) is 0 Å². The van der Waals surface area contributed by atoms with E-state index < -0.39 is 0 Å². The number of rotatable bonds is 0. The Morgan fingerprint density at radius 2 is 2.29 bits per heavy atom. The molecule has 1 rings (SSSR count). The summed E-state index contributed by atoms with van der Waals surface area (Å²) >= 11 is 1.77. The van der Waals surface area contributed by atoms with Crippen LogP contribution in [0.5, 0.6) is 0 Å². The molecule has 0 unspecified atom stereocenters. The molecule has 1 aromatic rings. The van der Waals surface area contributed by atoms with E-state index in [2.05, 4.69) is 18.4 Å². The van der Waals surface area contributed by atoms with Crippen molar-refractivity contribution >= 4 is 11.3 Å². The molecule has 0 bridgehead atoms. The fourth-order valence-electron chi connectivity index (χ4n) is 0.422. The van der Waals surface area contributed by atoms with Gasteiger partial charge in [0.2, 0.25) is 16.2 Å². The summed E-state index contributed by atoms with van der Waals surface area (Å²) < 4.78 is 0. The average Bonchev–Trinajstić information content (AvgIpc) is 1.69. The third-order valence-corrected chi connectivity index (χ3v) is 1.58. The van der Waals surface area contributed by atoms with Gasteiger partial charge in [0, 0.05) is 6.92 Å². The van der Waals surface area contributed by atoms with Crippen LogP contribution >= 0.6 is 11.3 Å². The first-order chi connectivity index (χ1) is 3.39. The van der Waals surface area contributed by atoms with Crippen LogP contribution in [0.4, 0.5) is 0 Å². The fraction of sp³-hybridized carbons (Fsp3) is 0.167. The maximum absolute atomic E-state index is 2.10. The third kappa shape index (κ3) is 1.24. The highest BCUT2D eigenvalue weighted by Crippen LogP contribution is 2.01. The predicted molar refractivity (Wildman–Crippen MR) is 33.5 cm³/mol. The second kappa shape index (κ2) is 2.03. The van der Waals surface area contributed by atoms with Crippen molar-refractivity contribution in [2.24, 2.45) is 0 Å². The summed E-state index contributed by atoms with van der Waals surface area (Å²) in [7, 11) is 0. The molecule has 0 fully saturated rings. The van der Waals surface area contributed by atoms with Gasteiger partial charge in [-0.3, -0.25) is 0 Å². The van der Waals surface area contributed by atoms with E-state index in [9.17, 15) is 0 Å². The summed E-state index contributed by atoms with van der Waals surface area (Å²) in [5, 5.41) is 2.08. The largest absolute Gasteiger partial charge is 0.214 e. The van der Waals surface area contributed by atoms with E-state index in [4.69, 9.17) is 0 Å². The Morgan fingerprint density at radius 1 is 1.43 bits per heavy atom. The second-order valence-corrected chi connectivity index (χ2v) is 2.57. The molecular weight excluding hydrogens is 104 g/mol. The fourth-order valence-corrected chi connectivity index (χ4v) is 0.963. The summed E-state index contributed by atoms with van der Waals surface area (Å²) in [5.41, 5.74) is 0. The molecule has 36 valence electrons. The number of hydrogen-bond donors (Lipinski definition) is 0. The van der Waals surface area contributed by atoms with Crippen LogP contribution in [0.2, 0.25) is 0 Å². The zero-order chi connectivity index (χ0) is 5.11. The molecule has 0 aliphatic carbocycles. The summed E-state index contributed by atoms with van der Waals surface area (Å²) in [6.45, 7) is 2.10. The lowest BCUT2D eigenvalue weighted by molar-refractivity contribution is 1.61. The molecule has 0 atom stereocenters. The molecule has 0 nitrogen and oxygen atoms in total. The van der Waals surface area contributed by atoms with Gasteiger partial charge in [0.15, 0.2) is 5.38 Å². The van der Waals surface area contributed by atoms with Gasteiger partial charge in [-0.2, -0.15) is 0 Å². The smallest absolute Gasteiger partial charge is 0.0521 e. The molecule has 0 spiro atoms. The van der Waals surface area contributed by atoms with Gasteiger partial charge in [-0.25, -0.2) is 0 Å². The van der Waals surface area contributed by atoms with E-state index in [-0.39, 0.29) is 0 Å². The summed E-state index contributed by atoms with van der Waals surface area (Å²) in [4.78, 5) is 1.36. The van der Waals surface area contributed by atoms with Gasteiger partial charge in [0.25, 0.3) is 0 Å². The molecule has 0 saturated heterocycles. The topological polar surface area (TPSA) is 0 Å². The number of aryl methyl sites for hydroxylation is 1. The molecule has 0 N–H and O–H groups in total. The molecule has 0 aliphatic rings. The highest BCUT2D eigenvalue weighted by molar-refractivity contribution is 7.09. The van der Waals surface area contributed by atoms with Gasteiger partial charge < -0.3 is 0 Å². The summed E-state index contributed by atoms with van der Waals surface area (Å²) in [6.07, 6.45) is 0. The van der Waals surface area contributed by atoms with Crippen LogP contribution in [0.15, 0.2) is 23.6 Å². The first-order valence-corrected chi connectivity index (χ1v) is 3.11. The van der Waals surface area contributed by atoms with E-state index in [0.29, 0.717) is 0 Å². The minimum atomic E-state index is 1.36. The number of hydrogen-bond acceptors (Lipinski definition) is 0. The lowest BCUT2D eigenvalue weighted by atomic mass is 10.5. The Kier molecular flexibility index (Phi) is 1.37. The van der Waals surface area contributed by atoms with E-state index in [1.807, 2.05) is 12.1 Å². The first kappa shape index (κ1) is 4.72. The van der Waals surface area contributed by atoms with Gasteiger partial charge >= 0.3 is 0 Å². The predicted octanol–water partition coefficient (Wildman–Crippen LogP) is 2.34. The van der Waals surface area contributed by atoms with E-state index in [1.54, 1.807) is 11.3 Å². The molecule has 0 radical (unpaired) electrons. The van der Waals surface area contributed by atoms with Gasteiger partial charge in [0.1, 0.15) is 0 Å². The molecule has 0 saturated carbocycles. The molecule has 1 aromatic heterocycles. The van der Waals surface area contributed by atoms with Gasteiger partial charge in [-0.05, 0) is 12.1 Å². The Balaban J connectivity index is 3.02. The first-order valence-electron chi connectivity index (χ1n) is 2.23. The average molecular weight is 111 g/mol. The Hall–Kier alpha value is -0.430. The molecule has 1 heterocycles.